The van der Waals surface area contributed by atoms with Gasteiger partial charge < -0.3 is 4.74 Å². The van der Waals surface area contributed by atoms with Gasteiger partial charge in [-0.25, -0.2) is 4.90 Å². The van der Waals surface area contributed by atoms with Gasteiger partial charge in [0.05, 0.1) is 28.2 Å². The van der Waals surface area contributed by atoms with Crippen molar-refractivity contribution in [1.29, 1.82) is 0 Å². The zero-order chi connectivity index (χ0) is 22.8. The predicted octanol–water partition coefficient (Wildman–Crippen LogP) is 4.99. The Bertz CT molecular complexity index is 1250. The molecule has 0 unspecified atom stereocenters. The summed E-state index contributed by atoms with van der Waals surface area (Å²) < 4.78 is 5.40. The number of rotatable bonds is 6. The van der Waals surface area contributed by atoms with Crippen molar-refractivity contribution in [1.82, 2.24) is 0 Å². The van der Waals surface area contributed by atoms with Crippen LogP contribution in [-0.4, -0.2) is 23.8 Å². The maximum atomic E-state index is 13.6. The number of aryl methyl sites for hydroxylation is 1. The van der Waals surface area contributed by atoms with Gasteiger partial charge in [0.25, 0.3) is 17.5 Å². The summed E-state index contributed by atoms with van der Waals surface area (Å²) in [5.41, 5.74) is 1.75. The Hall–Kier alpha value is -3.91. The van der Waals surface area contributed by atoms with E-state index in [0.29, 0.717) is 17.0 Å². The molecular weight excluding hydrogens is 428 g/mol. The van der Waals surface area contributed by atoms with E-state index in [9.17, 15) is 19.7 Å². The first-order chi connectivity index (χ1) is 15.4. The summed E-state index contributed by atoms with van der Waals surface area (Å²) in [5, 5.41) is 11.0. The molecule has 32 heavy (non-hydrogen) atoms. The van der Waals surface area contributed by atoms with E-state index >= 15 is 0 Å². The van der Waals surface area contributed by atoms with Gasteiger partial charge in [0.15, 0.2) is 0 Å². The lowest BCUT2D eigenvalue weighted by atomic mass is 10.1. The normalized spacial score (nSPS) is 13.6. The van der Waals surface area contributed by atoms with Crippen LogP contribution in [0.5, 0.6) is 5.75 Å². The molecule has 0 aromatic heterocycles. The molecule has 2 amide bonds. The van der Waals surface area contributed by atoms with Crippen LogP contribution in [0, 0.1) is 17.0 Å². The monoisotopic (exact) mass is 446 g/mol. The highest BCUT2D eigenvalue weighted by Gasteiger charge is 2.41. The van der Waals surface area contributed by atoms with Crippen LogP contribution in [0.15, 0.2) is 82.6 Å². The van der Waals surface area contributed by atoms with Crippen molar-refractivity contribution in [3.63, 3.8) is 0 Å². The molecule has 0 aliphatic carbocycles. The number of nitro benzene ring substituents is 1. The number of nitrogens with zero attached hydrogens (tertiary/aromatic N) is 2. The third-order valence-corrected chi connectivity index (χ3v) is 6.04. The minimum atomic E-state index is -0.511. The van der Waals surface area contributed by atoms with Gasteiger partial charge in [0.2, 0.25) is 0 Å². The van der Waals surface area contributed by atoms with Crippen molar-refractivity contribution in [2.75, 3.05) is 12.0 Å². The highest BCUT2D eigenvalue weighted by molar-refractivity contribution is 8.04. The molecule has 1 aliphatic rings. The molecule has 0 spiro atoms. The maximum Gasteiger partial charge on any atom is 0.273 e. The number of ether oxygens (including phenoxy) is 1. The number of non-ortho nitro benzene ring substituents is 1. The van der Waals surface area contributed by atoms with Crippen LogP contribution >= 0.6 is 11.8 Å². The molecule has 4 rings (SSSR count). The molecule has 0 saturated carbocycles. The maximum absolute atomic E-state index is 13.6. The zero-order valence-electron chi connectivity index (χ0n) is 17.3. The largest absolute Gasteiger partial charge is 0.495 e. The SMILES string of the molecule is COc1ccc(C)cc1N1C(=O)C(Sc2ccccc2)=C(c2ccc([N+](=O)[O-])cc2)C1=O. The Morgan fingerprint density at radius 2 is 1.62 bits per heavy atom. The molecule has 0 N–H and O–H groups in total. The number of carbonyl (C=O) groups is 2. The number of amides is 2. The van der Waals surface area contributed by atoms with Gasteiger partial charge in [0, 0.05) is 17.0 Å². The average Bonchev–Trinajstić information content (AvgIpc) is 3.03. The van der Waals surface area contributed by atoms with Gasteiger partial charge in [0.1, 0.15) is 5.75 Å². The van der Waals surface area contributed by atoms with Crippen LogP contribution in [0.1, 0.15) is 11.1 Å². The van der Waals surface area contributed by atoms with Gasteiger partial charge in [-0.3, -0.25) is 19.7 Å². The van der Waals surface area contributed by atoms with Crippen LogP contribution in [0.3, 0.4) is 0 Å². The Morgan fingerprint density at radius 1 is 0.938 bits per heavy atom. The van der Waals surface area contributed by atoms with Crippen molar-refractivity contribution in [3.8, 4) is 5.75 Å². The van der Waals surface area contributed by atoms with E-state index in [2.05, 4.69) is 0 Å². The third-order valence-electron chi connectivity index (χ3n) is 4.95. The van der Waals surface area contributed by atoms with Crippen molar-refractivity contribution in [2.24, 2.45) is 0 Å². The van der Waals surface area contributed by atoms with Crippen LogP contribution < -0.4 is 9.64 Å². The smallest absolute Gasteiger partial charge is 0.273 e. The first-order valence-corrected chi connectivity index (χ1v) is 10.5. The molecule has 1 heterocycles. The van der Waals surface area contributed by atoms with E-state index in [0.717, 1.165) is 15.4 Å². The van der Waals surface area contributed by atoms with Gasteiger partial charge in [-0.2, -0.15) is 0 Å². The fraction of sp³-hybridized carbons (Fsp3) is 0.0833. The highest BCUT2D eigenvalue weighted by Crippen LogP contribution is 2.43. The Labute approximate surface area is 188 Å². The number of hydrogen-bond acceptors (Lipinski definition) is 6. The summed E-state index contributed by atoms with van der Waals surface area (Å²) >= 11 is 1.19. The second-order valence-corrected chi connectivity index (χ2v) is 8.13. The summed E-state index contributed by atoms with van der Waals surface area (Å²) in [6, 6.07) is 20.1. The van der Waals surface area contributed by atoms with Gasteiger partial charge in [-0.15, -0.1) is 0 Å². The standard InChI is InChI=1S/C24H18N2O5S/c1-15-8-13-20(31-2)19(14-15)25-23(27)21(16-9-11-17(12-10-16)26(29)30)22(24(25)28)32-18-6-4-3-5-7-18/h3-14H,1-2H3. The van der Waals surface area contributed by atoms with Crippen molar-refractivity contribution >= 4 is 40.5 Å². The molecule has 0 saturated heterocycles. The number of imide groups is 1. The van der Waals surface area contributed by atoms with Gasteiger partial charge >= 0.3 is 0 Å². The van der Waals surface area contributed by atoms with Gasteiger partial charge in [-0.05, 0) is 54.4 Å². The van der Waals surface area contributed by atoms with E-state index in [-0.39, 0.29) is 16.2 Å². The topological polar surface area (TPSA) is 89.8 Å². The summed E-state index contributed by atoms with van der Waals surface area (Å²) in [7, 11) is 1.48. The van der Waals surface area contributed by atoms with Crippen LogP contribution in [0.25, 0.3) is 5.57 Å². The van der Waals surface area contributed by atoms with Crippen LogP contribution in [0.4, 0.5) is 11.4 Å². The second-order valence-electron chi connectivity index (χ2n) is 7.04. The van der Waals surface area contributed by atoms with E-state index in [1.54, 1.807) is 12.1 Å². The molecule has 0 atom stereocenters. The third kappa shape index (κ3) is 3.88. The number of thioether (sulfide) groups is 1. The number of methoxy groups -OCH3 is 1. The first-order valence-electron chi connectivity index (χ1n) is 9.66. The number of anilines is 1. The first kappa shape index (κ1) is 21.3. The second kappa shape index (κ2) is 8.68. The number of benzene rings is 3. The minimum Gasteiger partial charge on any atom is -0.495 e. The molecule has 3 aromatic carbocycles. The molecule has 3 aromatic rings. The summed E-state index contributed by atoms with van der Waals surface area (Å²) in [4.78, 5) is 39.8. The number of carbonyl (C=O) groups excluding carboxylic acids is 2. The lowest BCUT2D eigenvalue weighted by Gasteiger charge is -2.19. The summed E-state index contributed by atoms with van der Waals surface area (Å²) in [6.07, 6.45) is 0. The lowest BCUT2D eigenvalue weighted by Crippen LogP contribution is -2.31. The average molecular weight is 446 g/mol. The predicted molar refractivity (Wildman–Crippen MR) is 123 cm³/mol. The van der Waals surface area contributed by atoms with Crippen molar-refractivity contribution < 1.29 is 19.2 Å². The Morgan fingerprint density at radius 3 is 2.25 bits per heavy atom. The molecule has 0 bridgehead atoms. The zero-order valence-corrected chi connectivity index (χ0v) is 18.1. The van der Waals surface area contributed by atoms with E-state index < -0.39 is 16.7 Å². The van der Waals surface area contributed by atoms with Crippen LogP contribution in [-0.2, 0) is 9.59 Å². The lowest BCUT2D eigenvalue weighted by molar-refractivity contribution is -0.384. The molecule has 0 fully saturated rings. The fourth-order valence-corrected chi connectivity index (χ4v) is 4.42. The van der Waals surface area contributed by atoms with Crippen molar-refractivity contribution in [3.05, 3.63) is 98.9 Å². The Kier molecular flexibility index (Phi) is 5.79. The number of nitro groups is 1. The highest BCUT2D eigenvalue weighted by atomic mass is 32.2. The summed E-state index contributed by atoms with van der Waals surface area (Å²) in [5.74, 6) is -0.585. The van der Waals surface area contributed by atoms with Crippen LogP contribution in [0.2, 0.25) is 0 Å². The van der Waals surface area contributed by atoms with Gasteiger partial charge in [-0.1, -0.05) is 36.0 Å². The van der Waals surface area contributed by atoms with E-state index in [4.69, 9.17) is 4.74 Å². The van der Waals surface area contributed by atoms with E-state index in [1.165, 1.54) is 43.1 Å². The molecule has 7 nitrogen and oxygen atoms in total. The molecular formula is C24H18N2O5S. The molecule has 1 aliphatic heterocycles. The molecule has 0 radical (unpaired) electrons. The molecule has 160 valence electrons. The number of hydrogen-bond donors (Lipinski definition) is 0. The van der Waals surface area contributed by atoms with Crippen molar-refractivity contribution in [2.45, 2.75) is 11.8 Å². The van der Waals surface area contributed by atoms with E-state index in [1.807, 2.05) is 43.3 Å². The summed E-state index contributed by atoms with van der Waals surface area (Å²) in [6.45, 7) is 1.86. The minimum absolute atomic E-state index is 0.0967. The Balaban J connectivity index is 1.85. The molecule has 8 heteroatoms. The quantitative estimate of drug-likeness (QED) is 0.301. The fourth-order valence-electron chi connectivity index (χ4n) is 3.41.